The maximum absolute atomic E-state index is 12.9. The summed E-state index contributed by atoms with van der Waals surface area (Å²) < 4.78 is 27.6. The molecule has 2 aliphatic rings. The predicted molar refractivity (Wildman–Crippen MR) is 131 cm³/mol. The van der Waals surface area contributed by atoms with E-state index < -0.39 is 15.6 Å². The van der Waals surface area contributed by atoms with Crippen molar-refractivity contribution in [3.05, 3.63) is 59.7 Å². The first-order valence-corrected chi connectivity index (χ1v) is 13.1. The summed E-state index contributed by atoms with van der Waals surface area (Å²) in [7, 11) is -3.65. The molecule has 2 aromatic carbocycles. The predicted octanol–water partition coefficient (Wildman–Crippen LogP) is 2.11. The van der Waals surface area contributed by atoms with Crippen LogP contribution in [0.15, 0.2) is 53.4 Å². The van der Waals surface area contributed by atoms with Gasteiger partial charge in [-0.1, -0.05) is 18.2 Å². The highest BCUT2D eigenvalue weighted by Gasteiger charge is 2.28. The third-order valence-corrected chi connectivity index (χ3v) is 7.83. The summed E-state index contributed by atoms with van der Waals surface area (Å²) in [6.45, 7) is 8.67. The molecule has 2 aromatic rings. The number of nitrogens with zero attached hydrogens (tertiary/aromatic N) is 3. The molecule has 0 saturated carbocycles. The number of para-hydroxylation sites is 1. The maximum atomic E-state index is 12.9. The fourth-order valence-corrected chi connectivity index (χ4v) is 5.82. The lowest BCUT2D eigenvalue weighted by molar-refractivity contribution is -0.120. The molecule has 34 heavy (non-hydrogen) atoms. The molecule has 0 aliphatic carbocycles. The van der Waals surface area contributed by atoms with Gasteiger partial charge in [0.2, 0.25) is 15.9 Å². The maximum Gasteiger partial charge on any atom is 0.253 e. The Kier molecular flexibility index (Phi) is 6.80. The fraction of sp³-hybridized carbons (Fsp3) is 0.440. The second-order valence-corrected chi connectivity index (χ2v) is 11.6. The number of rotatable bonds is 5. The lowest BCUT2D eigenvalue weighted by Gasteiger charge is -2.35. The zero-order valence-corrected chi connectivity index (χ0v) is 20.8. The Bertz CT molecular complexity index is 1160. The van der Waals surface area contributed by atoms with Crippen molar-refractivity contribution < 1.29 is 18.0 Å². The molecule has 2 heterocycles. The van der Waals surface area contributed by atoms with E-state index in [4.69, 9.17) is 0 Å². The third kappa shape index (κ3) is 5.48. The smallest absolute Gasteiger partial charge is 0.253 e. The van der Waals surface area contributed by atoms with Gasteiger partial charge < -0.3 is 9.80 Å². The number of benzene rings is 2. The Morgan fingerprint density at radius 2 is 1.56 bits per heavy atom. The summed E-state index contributed by atoms with van der Waals surface area (Å²) >= 11 is 0. The highest BCUT2D eigenvalue weighted by Crippen LogP contribution is 2.27. The minimum Gasteiger partial charge on any atom is -0.336 e. The van der Waals surface area contributed by atoms with Crippen molar-refractivity contribution in [2.75, 3.05) is 44.2 Å². The molecule has 0 radical (unpaired) electrons. The van der Waals surface area contributed by atoms with Crippen LogP contribution in [0.1, 0.15) is 36.7 Å². The Hall–Kier alpha value is -2.75. The Balaban J connectivity index is 1.31. The number of nitrogens with one attached hydrogen (secondary N) is 1. The van der Waals surface area contributed by atoms with Crippen LogP contribution in [-0.2, 0) is 21.2 Å². The van der Waals surface area contributed by atoms with E-state index in [0.717, 1.165) is 12.1 Å². The highest BCUT2D eigenvalue weighted by atomic mass is 32.2. The van der Waals surface area contributed by atoms with Crippen molar-refractivity contribution in [1.29, 1.82) is 0 Å². The van der Waals surface area contributed by atoms with Gasteiger partial charge in [0.15, 0.2) is 0 Å². The molecule has 1 saturated heterocycles. The molecule has 0 atom stereocenters. The average molecular weight is 485 g/mol. The van der Waals surface area contributed by atoms with E-state index in [9.17, 15) is 18.0 Å². The van der Waals surface area contributed by atoms with E-state index >= 15 is 0 Å². The number of fused-ring (bicyclic) bond motifs is 1. The lowest BCUT2D eigenvalue weighted by Crippen LogP contribution is -2.51. The number of amides is 2. The summed E-state index contributed by atoms with van der Waals surface area (Å²) in [5.74, 6) is -0.0439. The topological polar surface area (TPSA) is 90.0 Å². The van der Waals surface area contributed by atoms with Crippen LogP contribution >= 0.6 is 0 Å². The number of sulfonamides is 1. The summed E-state index contributed by atoms with van der Waals surface area (Å²) in [5.41, 5.74) is 2.07. The Labute approximate surface area is 201 Å². The zero-order chi connectivity index (χ0) is 24.5. The zero-order valence-electron chi connectivity index (χ0n) is 20.0. The average Bonchev–Trinajstić information content (AvgIpc) is 3.22. The fourth-order valence-electron chi connectivity index (χ4n) is 4.40. The van der Waals surface area contributed by atoms with Gasteiger partial charge in [-0.3, -0.25) is 14.5 Å². The van der Waals surface area contributed by atoms with E-state index in [-0.39, 0.29) is 16.7 Å². The number of carbonyl (C=O) groups is 2. The molecule has 1 fully saturated rings. The van der Waals surface area contributed by atoms with Crippen molar-refractivity contribution in [3.8, 4) is 0 Å². The number of anilines is 1. The SMILES string of the molecule is CC(C)(C)NS(=O)(=O)c1ccc(C(=O)N2CCN(CC(=O)N3CCc4ccccc43)CC2)cc1. The summed E-state index contributed by atoms with van der Waals surface area (Å²) in [5, 5.41) is 0. The van der Waals surface area contributed by atoms with Gasteiger partial charge in [0, 0.05) is 49.5 Å². The van der Waals surface area contributed by atoms with Crippen LogP contribution in [0.2, 0.25) is 0 Å². The van der Waals surface area contributed by atoms with Crippen molar-refractivity contribution >= 4 is 27.5 Å². The molecule has 182 valence electrons. The second kappa shape index (κ2) is 9.48. The van der Waals surface area contributed by atoms with Gasteiger partial charge in [-0.2, -0.15) is 0 Å². The molecule has 2 amide bonds. The van der Waals surface area contributed by atoms with Crippen molar-refractivity contribution in [2.24, 2.45) is 0 Å². The van der Waals surface area contributed by atoms with Crippen LogP contribution in [0.25, 0.3) is 0 Å². The Morgan fingerprint density at radius 1 is 0.912 bits per heavy atom. The first-order chi connectivity index (χ1) is 16.0. The summed E-state index contributed by atoms with van der Waals surface area (Å²) in [6, 6.07) is 14.0. The van der Waals surface area contributed by atoms with Gasteiger partial charge in [0.05, 0.1) is 11.4 Å². The van der Waals surface area contributed by atoms with E-state index in [1.165, 1.54) is 17.7 Å². The standard InChI is InChI=1S/C25H32N4O4S/c1-25(2,3)26-34(32,33)21-10-8-20(9-11-21)24(31)28-16-14-27(15-17-28)18-23(30)29-13-12-19-6-4-5-7-22(19)29/h4-11,26H,12-18H2,1-3H3. The summed E-state index contributed by atoms with van der Waals surface area (Å²) in [4.78, 5) is 31.6. The minimum absolute atomic E-state index is 0.0883. The molecular formula is C25H32N4O4S. The molecule has 0 spiro atoms. The van der Waals surface area contributed by atoms with E-state index in [1.54, 1.807) is 37.8 Å². The van der Waals surface area contributed by atoms with Gasteiger partial charge in [-0.15, -0.1) is 0 Å². The van der Waals surface area contributed by atoms with Crippen LogP contribution in [0, 0.1) is 0 Å². The molecule has 0 bridgehead atoms. The van der Waals surface area contributed by atoms with Gasteiger partial charge >= 0.3 is 0 Å². The van der Waals surface area contributed by atoms with Crippen LogP contribution in [0.4, 0.5) is 5.69 Å². The normalized spacial score (nSPS) is 17.0. The molecule has 0 unspecified atom stereocenters. The van der Waals surface area contributed by atoms with Crippen molar-refractivity contribution in [3.63, 3.8) is 0 Å². The second-order valence-electron chi connectivity index (χ2n) is 9.87. The quantitative estimate of drug-likeness (QED) is 0.702. The lowest BCUT2D eigenvalue weighted by atomic mass is 10.1. The molecular weight excluding hydrogens is 452 g/mol. The van der Waals surface area contributed by atoms with Gasteiger partial charge in [-0.05, 0) is 63.1 Å². The summed E-state index contributed by atoms with van der Waals surface area (Å²) in [6.07, 6.45) is 0.885. The molecule has 8 nitrogen and oxygen atoms in total. The molecule has 1 N–H and O–H groups in total. The van der Waals surface area contributed by atoms with E-state index in [2.05, 4.69) is 15.7 Å². The number of piperazine rings is 1. The molecule has 0 aromatic heterocycles. The van der Waals surface area contributed by atoms with Gasteiger partial charge in [0.25, 0.3) is 5.91 Å². The van der Waals surface area contributed by atoms with E-state index in [0.29, 0.717) is 44.8 Å². The first-order valence-electron chi connectivity index (χ1n) is 11.6. The van der Waals surface area contributed by atoms with Crippen LogP contribution in [-0.4, -0.2) is 74.8 Å². The molecule has 4 rings (SSSR count). The number of hydrogen-bond donors (Lipinski definition) is 1. The first kappa shape index (κ1) is 24.4. The van der Waals surface area contributed by atoms with Crippen LogP contribution in [0.3, 0.4) is 0 Å². The van der Waals surface area contributed by atoms with E-state index in [1.807, 2.05) is 23.1 Å². The minimum atomic E-state index is -3.65. The van der Waals surface area contributed by atoms with Crippen LogP contribution in [0.5, 0.6) is 0 Å². The Morgan fingerprint density at radius 3 is 2.21 bits per heavy atom. The van der Waals surface area contributed by atoms with Gasteiger partial charge in [-0.25, -0.2) is 13.1 Å². The third-order valence-electron chi connectivity index (χ3n) is 6.06. The largest absolute Gasteiger partial charge is 0.336 e. The van der Waals surface area contributed by atoms with Gasteiger partial charge in [0.1, 0.15) is 0 Å². The number of carbonyl (C=O) groups excluding carboxylic acids is 2. The molecule has 2 aliphatic heterocycles. The number of hydrogen-bond acceptors (Lipinski definition) is 5. The monoisotopic (exact) mass is 484 g/mol. The van der Waals surface area contributed by atoms with Crippen LogP contribution < -0.4 is 9.62 Å². The molecule has 9 heteroatoms. The highest BCUT2D eigenvalue weighted by molar-refractivity contribution is 7.89. The van der Waals surface area contributed by atoms with Crippen molar-refractivity contribution in [2.45, 2.75) is 37.6 Å². The van der Waals surface area contributed by atoms with Crippen molar-refractivity contribution in [1.82, 2.24) is 14.5 Å².